The number of nitrogens with two attached hydrogens (primary N) is 2. The molecular weight excluding hydrogens is 993 g/mol. The number of anilines is 3. The number of imidazole rings is 1. The van der Waals surface area contributed by atoms with Gasteiger partial charge >= 0.3 is 33.4 Å². The monoisotopic (exact) mass is 1040 g/mol. The molecule has 2 unspecified atom stereocenters. The van der Waals surface area contributed by atoms with Crippen molar-refractivity contribution in [2.75, 3.05) is 30.0 Å². The lowest BCUT2D eigenvalue weighted by Crippen LogP contribution is -2.51. The standard InChI is InChI=1S/C39H45FN10O19P2/c1-18(51)27(48-39(57)63-13-20-4-8-22(9-5-20)46-26(52)12-19-2-6-21(40)7-3-19)37(55)68-31-23(66-36(29(31)53)50-17-45-28-33(42)43-16-44-34(28)50)15-65-71(61,62)69-32-24(14-64-70(58,59)60)67-35(30(32)54)49-11-10-25(41)47-38(49)56/h2-11,16-18,23-24,27,29-32,35-36,51,53-54H,12-15H2,1H3,(H,46,52)(H,48,57)(H,61,62)(H2,41,47,56)(H2,42,43,44)(H2,58,59,60)/t18-,23-,24?,27+,29-,30-,31-,32-,35-,36-/m1/s1. The van der Waals surface area contributed by atoms with Crippen LogP contribution in [0.2, 0.25) is 0 Å². The predicted octanol–water partition coefficient (Wildman–Crippen LogP) is -0.716. The molecule has 5 aromatic rings. The number of amides is 2. The Labute approximate surface area is 398 Å². The first-order chi connectivity index (χ1) is 33.6. The van der Waals surface area contributed by atoms with E-state index in [1.54, 1.807) is 0 Å². The number of hydrogen-bond donors (Lipinski definition) is 10. The number of carbonyl (C=O) groups is 3. The van der Waals surface area contributed by atoms with Crippen LogP contribution in [0, 0.1) is 5.82 Å². The van der Waals surface area contributed by atoms with Crippen molar-refractivity contribution < 1.29 is 90.4 Å². The molecule has 0 aliphatic carbocycles. The van der Waals surface area contributed by atoms with E-state index in [0.717, 1.165) is 36.4 Å². The van der Waals surface area contributed by atoms with Crippen LogP contribution < -0.4 is 27.8 Å². The number of aliphatic hydroxyl groups excluding tert-OH is 3. The van der Waals surface area contributed by atoms with Crippen LogP contribution in [0.25, 0.3) is 11.2 Å². The number of nitrogen functional groups attached to an aromatic ring is 2. The number of phosphoric acid groups is 2. The molecule has 0 spiro atoms. The summed E-state index contributed by atoms with van der Waals surface area (Å²) >= 11 is 0. The molecule has 2 fully saturated rings. The molecule has 382 valence electrons. The number of benzene rings is 2. The zero-order valence-corrected chi connectivity index (χ0v) is 38.4. The van der Waals surface area contributed by atoms with Gasteiger partial charge in [-0.1, -0.05) is 24.3 Å². The zero-order chi connectivity index (χ0) is 51.4. The summed E-state index contributed by atoms with van der Waals surface area (Å²) in [6.45, 7) is -1.38. The molecule has 32 heteroatoms. The Balaban J connectivity index is 1.03. The number of fused-ring (bicyclic) bond motifs is 1. The summed E-state index contributed by atoms with van der Waals surface area (Å²) in [5.41, 5.74) is 11.9. The Morgan fingerprint density at radius 3 is 2.17 bits per heavy atom. The second-order valence-corrected chi connectivity index (χ2v) is 18.4. The van der Waals surface area contributed by atoms with Gasteiger partial charge in [0.2, 0.25) is 5.91 Å². The van der Waals surface area contributed by atoms with Crippen molar-refractivity contribution in [1.29, 1.82) is 0 Å². The van der Waals surface area contributed by atoms with E-state index in [1.807, 2.05) is 0 Å². The first kappa shape index (κ1) is 52.5. The summed E-state index contributed by atoms with van der Waals surface area (Å²) < 4.78 is 77.4. The second kappa shape index (κ2) is 22.0. The lowest BCUT2D eigenvalue weighted by molar-refractivity contribution is -0.161. The van der Waals surface area contributed by atoms with Gasteiger partial charge in [0, 0.05) is 11.9 Å². The molecule has 12 N–H and O–H groups in total. The third kappa shape index (κ3) is 13.1. The molecule has 0 bridgehead atoms. The smallest absolute Gasteiger partial charge is 0.455 e. The van der Waals surface area contributed by atoms with E-state index in [9.17, 15) is 62.7 Å². The van der Waals surface area contributed by atoms with Crippen molar-refractivity contribution >= 4 is 62.1 Å². The van der Waals surface area contributed by atoms with E-state index in [-0.39, 0.29) is 41.7 Å². The number of aliphatic hydroxyl groups is 3. The number of carbonyl (C=O) groups excluding carboxylic acids is 3. The third-order valence-corrected chi connectivity index (χ3v) is 12.1. The summed E-state index contributed by atoms with van der Waals surface area (Å²) in [4.78, 5) is 96.9. The van der Waals surface area contributed by atoms with Gasteiger partial charge in [0.15, 0.2) is 36.1 Å². The van der Waals surface area contributed by atoms with Gasteiger partial charge in [-0.2, -0.15) is 4.98 Å². The number of ether oxygens (including phenoxy) is 4. The van der Waals surface area contributed by atoms with Crippen LogP contribution in [-0.4, -0.2) is 139 Å². The molecule has 2 aromatic carbocycles. The number of halogens is 1. The predicted molar refractivity (Wildman–Crippen MR) is 235 cm³/mol. The first-order valence-corrected chi connectivity index (χ1v) is 23.8. The van der Waals surface area contributed by atoms with Crippen molar-refractivity contribution in [3.05, 3.63) is 101 Å². The van der Waals surface area contributed by atoms with Gasteiger partial charge in [-0.3, -0.25) is 27.5 Å². The lowest BCUT2D eigenvalue weighted by atomic mass is 10.1. The van der Waals surface area contributed by atoms with Crippen molar-refractivity contribution in [1.82, 2.24) is 34.4 Å². The Kier molecular flexibility index (Phi) is 16.2. The van der Waals surface area contributed by atoms with Crippen molar-refractivity contribution in [3.63, 3.8) is 0 Å². The molecule has 11 atom stereocenters. The van der Waals surface area contributed by atoms with E-state index < -0.39 is 114 Å². The number of esters is 1. The van der Waals surface area contributed by atoms with Gasteiger partial charge in [0.05, 0.1) is 32.1 Å². The highest BCUT2D eigenvalue weighted by atomic mass is 31.2. The molecule has 0 saturated carbocycles. The highest BCUT2D eigenvalue weighted by molar-refractivity contribution is 7.47. The molecule has 2 saturated heterocycles. The maximum atomic E-state index is 13.7. The largest absolute Gasteiger partial charge is 0.472 e. The van der Waals surface area contributed by atoms with E-state index >= 15 is 0 Å². The van der Waals surface area contributed by atoms with Crippen LogP contribution in [0.5, 0.6) is 0 Å². The number of rotatable bonds is 19. The van der Waals surface area contributed by atoms with Gasteiger partial charge in [-0.25, -0.2) is 42.9 Å². The number of phosphoric ester groups is 2. The molecule has 3 aromatic heterocycles. The number of nitrogens with one attached hydrogen (secondary N) is 2. The summed E-state index contributed by atoms with van der Waals surface area (Å²) in [7, 11) is -10.7. The summed E-state index contributed by atoms with van der Waals surface area (Å²) in [6, 6.07) is 10.8. The minimum absolute atomic E-state index is 0.0145. The fraction of sp³-hybridized carbons (Fsp3) is 0.385. The average molecular weight is 1040 g/mol. The Morgan fingerprint density at radius 2 is 1.51 bits per heavy atom. The molecule has 2 amide bonds. The van der Waals surface area contributed by atoms with E-state index in [1.165, 1.54) is 48.5 Å². The van der Waals surface area contributed by atoms with Crippen molar-refractivity contribution in [2.24, 2.45) is 0 Å². The summed E-state index contributed by atoms with van der Waals surface area (Å²) in [6.07, 6.45) is -14.3. The molecule has 0 radical (unpaired) electrons. The van der Waals surface area contributed by atoms with Crippen LogP contribution in [-0.2, 0) is 64.3 Å². The maximum Gasteiger partial charge on any atom is 0.472 e. The number of nitrogens with zero attached hydrogens (tertiary/aromatic N) is 6. The van der Waals surface area contributed by atoms with Gasteiger partial charge in [0.25, 0.3) is 0 Å². The first-order valence-electron chi connectivity index (χ1n) is 20.8. The Hall–Kier alpha value is -6.37. The molecular formula is C39H45FN10O19P2. The second-order valence-electron chi connectivity index (χ2n) is 15.7. The fourth-order valence-electron chi connectivity index (χ4n) is 7.22. The van der Waals surface area contributed by atoms with Crippen molar-refractivity contribution in [2.45, 2.75) is 81.2 Å². The molecule has 5 heterocycles. The molecule has 7 rings (SSSR count). The Bertz CT molecular complexity index is 2870. The highest BCUT2D eigenvalue weighted by Gasteiger charge is 2.52. The van der Waals surface area contributed by atoms with Crippen LogP contribution >= 0.6 is 15.6 Å². The van der Waals surface area contributed by atoms with Crippen LogP contribution in [0.1, 0.15) is 30.5 Å². The number of hydrogen-bond acceptors (Lipinski definition) is 22. The lowest BCUT2D eigenvalue weighted by Gasteiger charge is -2.26. The van der Waals surface area contributed by atoms with Gasteiger partial charge < -0.3 is 71.0 Å². The number of aromatic nitrogens is 6. The maximum absolute atomic E-state index is 13.7. The average Bonchev–Trinajstić information content (AvgIpc) is 3.97. The Morgan fingerprint density at radius 1 is 0.873 bits per heavy atom. The summed E-state index contributed by atoms with van der Waals surface area (Å²) in [5, 5.41) is 38.2. The van der Waals surface area contributed by atoms with Gasteiger partial charge in [-0.15, -0.1) is 0 Å². The third-order valence-electron chi connectivity index (χ3n) is 10.6. The number of alkyl carbamates (subject to hydrolysis) is 1. The molecule has 2 aliphatic rings. The molecule has 2 aliphatic heterocycles. The zero-order valence-electron chi connectivity index (χ0n) is 36.6. The minimum atomic E-state index is -5.50. The van der Waals surface area contributed by atoms with Crippen LogP contribution in [0.15, 0.2) is 78.2 Å². The highest BCUT2D eigenvalue weighted by Crippen LogP contribution is 2.50. The van der Waals surface area contributed by atoms with Gasteiger partial charge in [-0.05, 0) is 48.4 Å². The van der Waals surface area contributed by atoms with Crippen molar-refractivity contribution in [3.8, 4) is 0 Å². The SMILES string of the molecule is C[C@@H](O)[C@H](NC(=O)OCc1ccc(NC(=O)Cc2ccc(F)cc2)cc1)C(=O)O[C@H]1[C@@H](O)[C@H](n2cnc3c(N)ncnc32)O[C@@H]1COP(=O)(O)O[C@@H]1C(COP(=O)(O)O)O[C@@H](n2ccc(N)nc2=O)[C@@H]1O. The topological polar surface area (TPSA) is 426 Å². The molecule has 71 heavy (non-hydrogen) atoms. The van der Waals surface area contributed by atoms with E-state index in [0.29, 0.717) is 21.4 Å². The van der Waals surface area contributed by atoms with E-state index in [2.05, 4.69) is 35.1 Å². The van der Waals surface area contributed by atoms with E-state index in [4.69, 9.17) is 39.5 Å². The minimum Gasteiger partial charge on any atom is -0.455 e. The summed E-state index contributed by atoms with van der Waals surface area (Å²) in [5.74, 6) is -2.47. The molecule has 29 nitrogen and oxygen atoms in total. The quantitative estimate of drug-likeness (QED) is 0.0360. The van der Waals surface area contributed by atoms with Crippen LogP contribution in [0.3, 0.4) is 0 Å². The van der Waals surface area contributed by atoms with Gasteiger partial charge in [0.1, 0.15) is 60.6 Å². The normalized spacial score (nSPS) is 23.9. The van der Waals surface area contributed by atoms with Crippen LogP contribution in [0.4, 0.5) is 26.5 Å². The fourth-order valence-corrected chi connectivity index (χ4v) is 8.52.